The second kappa shape index (κ2) is 5.16. The number of hydrogen-bond acceptors (Lipinski definition) is 3. The molecule has 0 bridgehead atoms. The van der Waals surface area contributed by atoms with Crippen molar-refractivity contribution in [2.75, 3.05) is 13.3 Å². The largest absolute Gasteiger partial charge is 0.324 e. The van der Waals surface area contributed by atoms with Gasteiger partial charge in [0.2, 0.25) is 5.52 Å². The third-order valence-corrected chi connectivity index (χ3v) is 4.35. The minimum absolute atomic E-state index is 0.281. The van der Waals surface area contributed by atoms with Gasteiger partial charge in [-0.05, 0) is 38.8 Å². The molecule has 0 N–H and O–H groups in total. The number of aryl methyl sites for hydroxylation is 3. The monoisotopic (exact) mass is 254 g/mol. The van der Waals surface area contributed by atoms with Crippen LogP contribution in [0, 0.1) is 20.8 Å². The van der Waals surface area contributed by atoms with E-state index in [9.17, 15) is 9.36 Å². The van der Waals surface area contributed by atoms with Crippen LogP contribution >= 0.6 is 7.37 Å². The molecule has 0 amide bonds. The average Bonchev–Trinajstić information content (AvgIpc) is 2.15. The Morgan fingerprint density at radius 3 is 2.12 bits per heavy atom. The van der Waals surface area contributed by atoms with Crippen LogP contribution in [0.4, 0.5) is 0 Å². The molecule has 0 radical (unpaired) electrons. The summed E-state index contributed by atoms with van der Waals surface area (Å²) in [6, 6.07) is 3.85. The first kappa shape index (κ1) is 14.1. The van der Waals surface area contributed by atoms with E-state index in [1.807, 2.05) is 32.9 Å². The van der Waals surface area contributed by atoms with Gasteiger partial charge in [-0.15, -0.1) is 0 Å². The Labute approximate surface area is 103 Å². The van der Waals surface area contributed by atoms with Gasteiger partial charge in [-0.3, -0.25) is 9.36 Å². The van der Waals surface area contributed by atoms with Crippen molar-refractivity contribution in [3.8, 4) is 0 Å². The maximum absolute atomic E-state index is 12.2. The summed E-state index contributed by atoms with van der Waals surface area (Å²) in [6.07, 6.45) is 0. The minimum Gasteiger partial charge on any atom is -0.324 e. The lowest BCUT2D eigenvalue weighted by atomic mass is 10.0. The van der Waals surface area contributed by atoms with Crippen LogP contribution < -0.4 is 0 Å². The first-order valence-corrected chi connectivity index (χ1v) is 7.71. The second-order valence-electron chi connectivity index (χ2n) is 4.34. The van der Waals surface area contributed by atoms with Crippen molar-refractivity contribution < 1.29 is 13.9 Å². The number of hydrogen-bond donors (Lipinski definition) is 0. The van der Waals surface area contributed by atoms with Crippen LogP contribution in [0.3, 0.4) is 0 Å². The molecule has 0 aromatic heterocycles. The number of carbonyl (C=O) groups is 1. The van der Waals surface area contributed by atoms with E-state index >= 15 is 0 Å². The first-order chi connectivity index (χ1) is 7.79. The Morgan fingerprint density at radius 1 is 1.24 bits per heavy atom. The molecule has 94 valence electrons. The number of rotatable bonds is 4. The van der Waals surface area contributed by atoms with E-state index in [0.717, 1.165) is 16.7 Å². The Morgan fingerprint density at radius 2 is 1.71 bits per heavy atom. The average molecular weight is 254 g/mol. The van der Waals surface area contributed by atoms with Crippen LogP contribution in [0.1, 0.15) is 34.0 Å². The van der Waals surface area contributed by atoms with Crippen molar-refractivity contribution in [2.45, 2.75) is 27.7 Å². The molecule has 1 rings (SSSR count). The molecule has 0 fully saturated rings. The summed E-state index contributed by atoms with van der Waals surface area (Å²) in [5.74, 6) is 0. The van der Waals surface area contributed by atoms with Gasteiger partial charge in [-0.1, -0.05) is 17.7 Å². The fourth-order valence-corrected chi connectivity index (χ4v) is 3.39. The highest BCUT2D eigenvalue weighted by molar-refractivity contribution is 7.76. The van der Waals surface area contributed by atoms with Crippen molar-refractivity contribution in [1.82, 2.24) is 0 Å². The molecule has 17 heavy (non-hydrogen) atoms. The normalized spacial score (nSPS) is 14.4. The van der Waals surface area contributed by atoms with E-state index in [1.54, 1.807) is 6.92 Å². The standard InChI is InChI=1S/C13H19O3P/c1-6-16-17(5,15)13(14)12-10(3)7-9(2)8-11(12)4/h7-8H,6H2,1-5H3. The third-order valence-electron chi connectivity index (χ3n) is 2.64. The van der Waals surface area contributed by atoms with Crippen molar-refractivity contribution in [2.24, 2.45) is 0 Å². The predicted octanol–water partition coefficient (Wildman–Crippen LogP) is 3.70. The third kappa shape index (κ3) is 3.05. The molecule has 4 heteroatoms. The van der Waals surface area contributed by atoms with E-state index in [1.165, 1.54) is 6.66 Å². The zero-order valence-electron chi connectivity index (χ0n) is 11.0. The van der Waals surface area contributed by atoms with Gasteiger partial charge in [0.25, 0.3) is 7.37 Å². The fraction of sp³-hybridized carbons (Fsp3) is 0.462. The lowest BCUT2D eigenvalue weighted by molar-refractivity contribution is 0.105. The minimum atomic E-state index is -3.21. The van der Waals surface area contributed by atoms with E-state index in [2.05, 4.69) is 0 Å². The molecule has 1 aromatic carbocycles. The van der Waals surface area contributed by atoms with Crippen molar-refractivity contribution in [3.05, 3.63) is 34.4 Å². The summed E-state index contributed by atoms with van der Waals surface area (Å²) >= 11 is 0. The van der Waals surface area contributed by atoms with Gasteiger partial charge in [0, 0.05) is 12.2 Å². The van der Waals surface area contributed by atoms with Crippen LogP contribution in [0.2, 0.25) is 0 Å². The molecule has 1 aromatic rings. The van der Waals surface area contributed by atoms with Crippen molar-refractivity contribution in [3.63, 3.8) is 0 Å². The van der Waals surface area contributed by atoms with Crippen LogP contribution in [0.5, 0.6) is 0 Å². The molecular formula is C13H19O3P. The summed E-state index contributed by atoms with van der Waals surface area (Å²) in [4.78, 5) is 12.2. The zero-order valence-corrected chi connectivity index (χ0v) is 11.9. The summed E-state index contributed by atoms with van der Waals surface area (Å²) in [5.41, 5.74) is 2.96. The Hall–Kier alpha value is -0.920. The van der Waals surface area contributed by atoms with Crippen molar-refractivity contribution in [1.29, 1.82) is 0 Å². The van der Waals surface area contributed by atoms with Gasteiger partial charge in [0.05, 0.1) is 6.61 Å². The molecule has 0 aliphatic rings. The Bertz CT molecular complexity index is 468. The molecule has 3 nitrogen and oxygen atoms in total. The van der Waals surface area contributed by atoms with Crippen LogP contribution in [-0.2, 0) is 9.09 Å². The van der Waals surface area contributed by atoms with Crippen LogP contribution in [-0.4, -0.2) is 18.8 Å². The van der Waals surface area contributed by atoms with Gasteiger partial charge in [0.1, 0.15) is 0 Å². The SMILES string of the molecule is CCOP(C)(=O)C(=O)c1c(C)cc(C)cc1C. The smallest absolute Gasteiger partial charge is 0.268 e. The molecule has 0 saturated carbocycles. The van der Waals surface area contributed by atoms with E-state index in [-0.39, 0.29) is 12.1 Å². The summed E-state index contributed by atoms with van der Waals surface area (Å²) in [5, 5.41) is 0. The first-order valence-electron chi connectivity index (χ1n) is 5.64. The van der Waals surface area contributed by atoms with E-state index in [0.29, 0.717) is 5.56 Å². The molecule has 1 unspecified atom stereocenters. The highest BCUT2D eigenvalue weighted by Crippen LogP contribution is 2.47. The maximum Gasteiger partial charge on any atom is 0.268 e. The van der Waals surface area contributed by atoms with Gasteiger partial charge in [-0.2, -0.15) is 0 Å². The Balaban J connectivity index is 3.27. The zero-order chi connectivity index (χ0) is 13.2. The lowest BCUT2D eigenvalue weighted by Crippen LogP contribution is -2.07. The Kier molecular flexibility index (Phi) is 4.29. The van der Waals surface area contributed by atoms with Crippen LogP contribution in [0.25, 0.3) is 0 Å². The van der Waals surface area contributed by atoms with Crippen molar-refractivity contribution >= 4 is 12.9 Å². The maximum atomic E-state index is 12.2. The summed E-state index contributed by atoms with van der Waals surface area (Å²) in [6.45, 7) is 9.10. The highest BCUT2D eigenvalue weighted by Gasteiger charge is 2.30. The molecule has 0 aliphatic carbocycles. The number of benzene rings is 1. The van der Waals surface area contributed by atoms with Gasteiger partial charge in [0.15, 0.2) is 0 Å². The van der Waals surface area contributed by atoms with Gasteiger partial charge >= 0.3 is 0 Å². The van der Waals surface area contributed by atoms with Gasteiger partial charge < -0.3 is 4.52 Å². The predicted molar refractivity (Wildman–Crippen MR) is 70.1 cm³/mol. The van der Waals surface area contributed by atoms with E-state index < -0.39 is 7.37 Å². The highest BCUT2D eigenvalue weighted by atomic mass is 31.2. The van der Waals surface area contributed by atoms with Crippen LogP contribution in [0.15, 0.2) is 12.1 Å². The lowest BCUT2D eigenvalue weighted by Gasteiger charge is -2.15. The molecule has 0 saturated heterocycles. The quantitative estimate of drug-likeness (QED) is 0.769. The van der Waals surface area contributed by atoms with Gasteiger partial charge in [-0.25, -0.2) is 0 Å². The molecular weight excluding hydrogens is 235 g/mol. The second-order valence-corrected chi connectivity index (χ2v) is 6.70. The molecule has 0 aliphatic heterocycles. The summed E-state index contributed by atoms with van der Waals surface area (Å²) in [7, 11) is -3.21. The molecule has 0 heterocycles. The summed E-state index contributed by atoms with van der Waals surface area (Å²) < 4.78 is 17.2. The topological polar surface area (TPSA) is 43.4 Å². The number of carbonyl (C=O) groups excluding carboxylic acids is 1. The van der Waals surface area contributed by atoms with E-state index in [4.69, 9.17) is 4.52 Å². The fourth-order valence-electron chi connectivity index (χ4n) is 2.03. The molecule has 0 spiro atoms. The molecule has 1 atom stereocenters.